The molecule has 0 saturated carbocycles. The van der Waals surface area contributed by atoms with E-state index in [2.05, 4.69) is 5.32 Å². The van der Waals surface area contributed by atoms with Gasteiger partial charge in [0.1, 0.15) is 23.2 Å². The first-order chi connectivity index (χ1) is 12.0. The number of ether oxygens (including phenoxy) is 1. The fourth-order valence-electron chi connectivity index (χ4n) is 1.92. The van der Waals surface area contributed by atoms with E-state index in [1.54, 1.807) is 30.3 Å². The van der Waals surface area contributed by atoms with Crippen LogP contribution in [-0.2, 0) is 9.59 Å². The van der Waals surface area contributed by atoms with E-state index in [0.29, 0.717) is 17.0 Å². The smallest absolute Gasteiger partial charge is 0.266 e. The van der Waals surface area contributed by atoms with Crippen molar-refractivity contribution < 1.29 is 18.7 Å². The van der Waals surface area contributed by atoms with Gasteiger partial charge in [-0.1, -0.05) is 18.2 Å². The molecule has 2 aromatic rings. The molecule has 0 heterocycles. The maximum Gasteiger partial charge on any atom is 0.266 e. The number of primary amides is 1. The summed E-state index contributed by atoms with van der Waals surface area (Å²) in [6.07, 6.45) is 1.33. The largest absolute Gasteiger partial charge is 0.483 e. The summed E-state index contributed by atoms with van der Waals surface area (Å²) in [5.74, 6) is -1.43. The summed E-state index contributed by atoms with van der Waals surface area (Å²) in [6, 6.07) is 13.5. The van der Waals surface area contributed by atoms with Crippen LogP contribution in [0.15, 0.2) is 54.1 Å². The number of para-hydroxylation sites is 1. The Labute approximate surface area is 143 Å². The van der Waals surface area contributed by atoms with Gasteiger partial charge in [-0.05, 0) is 36.4 Å². The van der Waals surface area contributed by atoms with Gasteiger partial charge in [0.05, 0.1) is 0 Å². The summed E-state index contributed by atoms with van der Waals surface area (Å²) in [5, 5.41) is 11.7. The van der Waals surface area contributed by atoms with Crippen molar-refractivity contribution in [2.75, 3.05) is 11.9 Å². The van der Waals surface area contributed by atoms with Crippen molar-refractivity contribution in [2.24, 2.45) is 5.73 Å². The van der Waals surface area contributed by atoms with Gasteiger partial charge >= 0.3 is 0 Å². The van der Waals surface area contributed by atoms with E-state index in [9.17, 15) is 19.2 Å². The molecule has 0 radical (unpaired) electrons. The summed E-state index contributed by atoms with van der Waals surface area (Å²) >= 11 is 0. The normalized spacial score (nSPS) is 10.6. The number of carbonyl (C=O) groups excluding carboxylic acids is 2. The molecule has 0 bridgehead atoms. The highest BCUT2D eigenvalue weighted by Gasteiger charge is 2.11. The van der Waals surface area contributed by atoms with Gasteiger partial charge in [0.2, 0.25) is 0 Å². The number of hydrogen-bond acceptors (Lipinski definition) is 4. The highest BCUT2D eigenvalue weighted by Crippen LogP contribution is 2.21. The summed E-state index contributed by atoms with van der Waals surface area (Å²) in [7, 11) is 0. The predicted molar refractivity (Wildman–Crippen MR) is 89.8 cm³/mol. The molecule has 0 fully saturated rings. The van der Waals surface area contributed by atoms with E-state index < -0.39 is 17.6 Å². The van der Waals surface area contributed by atoms with E-state index in [1.165, 1.54) is 30.3 Å². The number of nitrogens with zero attached hydrogens (tertiary/aromatic N) is 1. The quantitative estimate of drug-likeness (QED) is 0.622. The number of nitrogens with two attached hydrogens (primary N) is 1. The molecular weight excluding hydrogens is 325 g/mol. The van der Waals surface area contributed by atoms with Crippen molar-refractivity contribution in [3.63, 3.8) is 0 Å². The molecule has 126 valence electrons. The fraction of sp³-hybridized carbons (Fsp3) is 0.0556. The third-order valence-electron chi connectivity index (χ3n) is 3.06. The van der Waals surface area contributed by atoms with Crippen LogP contribution in [0.1, 0.15) is 5.56 Å². The van der Waals surface area contributed by atoms with Crippen LogP contribution >= 0.6 is 0 Å². The Morgan fingerprint density at radius 1 is 1.20 bits per heavy atom. The highest BCUT2D eigenvalue weighted by atomic mass is 19.1. The van der Waals surface area contributed by atoms with E-state index >= 15 is 0 Å². The van der Waals surface area contributed by atoms with Gasteiger partial charge in [0.25, 0.3) is 11.8 Å². The lowest BCUT2D eigenvalue weighted by Crippen LogP contribution is -2.20. The van der Waals surface area contributed by atoms with Gasteiger partial charge in [-0.3, -0.25) is 9.59 Å². The molecule has 0 saturated heterocycles. The zero-order valence-electron chi connectivity index (χ0n) is 13.0. The first-order valence-corrected chi connectivity index (χ1v) is 7.18. The summed E-state index contributed by atoms with van der Waals surface area (Å²) in [6.45, 7) is -0.325. The van der Waals surface area contributed by atoms with Gasteiger partial charge in [0.15, 0.2) is 6.61 Å². The van der Waals surface area contributed by atoms with Crippen molar-refractivity contribution in [2.45, 2.75) is 0 Å². The average Bonchev–Trinajstić information content (AvgIpc) is 2.60. The molecule has 2 rings (SSSR count). The molecule has 0 aliphatic heterocycles. The number of anilines is 1. The highest BCUT2D eigenvalue weighted by molar-refractivity contribution is 6.09. The second-order valence-electron chi connectivity index (χ2n) is 4.92. The second-order valence-corrected chi connectivity index (χ2v) is 4.92. The van der Waals surface area contributed by atoms with Crippen LogP contribution in [0.4, 0.5) is 10.1 Å². The number of hydrogen-bond donors (Lipinski definition) is 2. The summed E-state index contributed by atoms with van der Waals surface area (Å²) in [5.41, 5.74) is 5.65. The number of carbonyl (C=O) groups is 2. The monoisotopic (exact) mass is 339 g/mol. The third kappa shape index (κ3) is 5.18. The molecule has 0 aliphatic carbocycles. The zero-order valence-corrected chi connectivity index (χ0v) is 13.0. The lowest BCUT2D eigenvalue weighted by molar-refractivity contribution is -0.120. The lowest BCUT2D eigenvalue weighted by atomic mass is 10.1. The van der Waals surface area contributed by atoms with Crippen LogP contribution in [0.5, 0.6) is 5.75 Å². The van der Waals surface area contributed by atoms with Crippen LogP contribution in [0, 0.1) is 17.1 Å². The maximum absolute atomic E-state index is 12.9. The Kier molecular flexibility index (Phi) is 5.85. The summed E-state index contributed by atoms with van der Waals surface area (Å²) in [4.78, 5) is 23.0. The number of halogens is 1. The Morgan fingerprint density at radius 3 is 2.52 bits per heavy atom. The van der Waals surface area contributed by atoms with Gasteiger partial charge in [-0.2, -0.15) is 5.26 Å². The molecule has 0 aromatic heterocycles. The van der Waals surface area contributed by atoms with E-state index in [-0.39, 0.29) is 12.2 Å². The molecular formula is C18H14FN3O3. The zero-order chi connectivity index (χ0) is 18.2. The molecule has 7 heteroatoms. The molecule has 0 atom stereocenters. The standard InChI is InChI=1S/C18H14FN3O3/c19-14-5-7-15(8-6-14)22-18(24)13(10-20)9-12-3-1-2-4-16(12)25-11-17(21)23/h1-9H,11H2,(H2,21,23)(H,22,24)/b13-9+. The molecule has 25 heavy (non-hydrogen) atoms. The van der Waals surface area contributed by atoms with Crippen molar-refractivity contribution in [1.82, 2.24) is 0 Å². The van der Waals surface area contributed by atoms with Crippen molar-refractivity contribution in [1.29, 1.82) is 5.26 Å². The molecule has 0 aliphatic rings. The number of rotatable bonds is 6. The van der Waals surface area contributed by atoms with Gasteiger partial charge in [-0.15, -0.1) is 0 Å². The van der Waals surface area contributed by atoms with Crippen molar-refractivity contribution in [3.05, 3.63) is 65.5 Å². The molecule has 2 amide bonds. The SMILES string of the molecule is N#C/C(=C\c1ccccc1OCC(N)=O)C(=O)Nc1ccc(F)cc1. The second kappa shape index (κ2) is 8.26. The van der Waals surface area contributed by atoms with Crippen LogP contribution in [-0.4, -0.2) is 18.4 Å². The van der Waals surface area contributed by atoms with Gasteiger partial charge in [0, 0.05) is 11.3 Å². The molecule has 3 N–H and O–H groups in total. The first kappa shape index (κ1) is 17.7. The van der Waals surface area contributed by atoms with Crippen molar-refractivity contribution in [3.8, 4) is 11.8 Å². The first-order valence-electron chi connectivity index (χ1n) is 7.18. The number of benzene rings is 2. The Hall–Kier alpha value is -3.66. The Bertz CT molecular complexity index is 855. The van der Waals surface area contributed by atoms with E-state index in [1.807, 2.05) is 0 Å². The lowest BCUT2D eigenvalue weighted by Gasteiger charge is -2.08. The minimum atomic E-state index is -0.654. The van der Waals surface area contributed by atoms with Gasteiger partial charge in [-0.25, -0.2) is 4.39 Å². The van der Waals surface area contributed by atoms with Crippen LogP contribution in [0.2, 0.25) is 0 Å². The third-order valence-corrected chi connectivity index (χ3v) is 3.06. The average molecular weight is 339 g/mol. The fourth-order valence-corrected chi connectivity index (χ4v) is 1.92. The van der Waals surface area contributed by atoms with Gasteiger partial charge < -0.3 is 15.8 Å². The van der Waals surface area contributed by atoms with E-state index in [4.69, 9.17) is 10.5 Å². The summed E-state index contributed by atoms with van der Waals surface area (Å²) < 4.78 is 18.1. The molecule has 2 aromatic carbocycles. The molecule has 0 unspecified atom stereocenters. The Balaban J connectivity index is 2.22. The van der Waals surface area contributed by atoms with Crippen LogP contribution < -0.4 is 15.8 Å². The minimum Gasteiger partial charge on any atom is -0.483 e. The molecule has 0 spiro atoms. The maximum atomic E-state index is 12.9. The number of nitrogens with one attached hydrogen (secondary N) is 1. The number of nitriles is 1. The van der Waals surface area contributed by atoms with Crippen LogP contribution in [0.25, 0.3) is 6.08 Å². The number of amides is 2. The molecule has 6 nitrogen and oxygen atoms in total. The van der Waals surface area contributed by atoms with Crippen molar-refractivity contribution >= 4 is 23.6 Å². The minimum absolute atomic E-state index is 0.181. The topological polar surface area (TPSA) is 105 Å². The Morgan fingerprint density at radius 2 is 1.88 bits per heavy atom. The van der Waals surface area contributed by atoms with Crippen LogP contribution in [0.3, 0.4) is 0 Å². The predicted octanol–water partition coefficient (Wildman–Crippen LogP) is 2.24. The van der Waals surface area contributed by atoms with E-state index in [0.717, 1.165) is 0 Å².